The maximum absolute atomic E-state index is 13.4. The van der Waals surface area contributed by atoms with Gasteiger partial charge >= 0.3 is 0 Å². The lowest BCUT2D eigenvalue weighted by atomic mass is 10.0. The van der Waals surface area contributed by atoms with E-state index in [1.165, 1.54) is 12.1 Å². The van der Waals surface area contributed by atoms with Crippen molar-refractivity contribution in [1.82, 2.24) is 9.55 Å². The number of fused-ring (bicyclic) bond motifs is 1. The van der Waals surface area contributed by atoms with Gasteiger partial charge in [-0.05, 0) is 24.1 Å². The molecule has 0 saturated heterocycles. The van der Waals surface area contributed by atoms with Crippen LogP contribution in [0.3, 0.4) is 0 Å². The van der Waals surface area contributed by atoms with Crippen LogP contribution in [0.15, 0.2) is 18.2 Å². The molecule has 0 saturated carbocycles. The van der Waals surface area contributed by atoms with Crippen LogP contribution in [-0.4, -0.2) is 23.3 Å². The van der Waals surface area contributed by atoms with Crippen molar-refractivity contribution in [1.29, 1.82) is 0 Å². The molecule has 0 fully saturated rings. The highest BCUT2D eigenvalue weighted by atomic mass is 19.1. The first-order valence-corrected chi connectivity index (χ1v) is 5.96. The molecule has 1 aromatic carbocycles. The summed E-state index contributed by atoms with van der Waals surface area (Å²) in [5.41, 5.74) is 7.36. The Morgan fingerprint density at radius 3 is 2.78 bits per heavy atom. The number of benzene rings is 1. The van der Waals surface area contributed by atoms with Crippen molar-refractivity contribution in [2.45, 2.75) is 19.9 Å². The van der Waals surface area contributed by atoms with E-state index in [0.717, 1.165) is 0 Å². The van der Waals surface area contributed by atoms with Crippen LogP contribution in [-0.2, 0) is 4.74 Å². The minimum Gasteiger partial charge on any atom is -0.383 e. The van der Waals surface area contributed by atoms with Gasteiger partial charge in [-0.25, -0.2) is 9.37 Å². The molecular weight excluding hydrogens is 233 g/mol. The molecule has 4 nitrogen and oxygen atoms in total. The average Bonchev–Trinajstić information content (AvgIpc) is 2.61. The molecule has 0 aliphatic carbocycles. The van der Waals surface area contributed by atoms with Crippen LogP contribution >= 0.6 is 0 Å². The van der Waals surface area contributed by atoms with Gasteiger partial charge in [-0.3, -0.25) is 0 Å². The molecule has 5 heteroatoms. The Balaban J connectivity index is 2.60. The largest absolute Gasteiger partial charge is 0.383 e. The van der Waals surface area contributed by atoms with E-state index in [0.29, 0.717) is 29.5 Å². The summed E-state index contributed by atoms with van der Waals surface area (Å²) in [6.45, 7) is 4.67. The molecule has 0 amide bonds. The van der Waals surface area contributed by atoms with Gasteiger partial charge in [0.1, 0.15) is 5.82 Å². The Bertz CT molecular complexity index is 550. The van der Waals surface area contributed by atoms with E-state index in [1.807, 2.05) is 4.57 Å². The molecule has 1 heterocycles. The first kappa shape index (κ1) is 12.8. The van der Waals surface area contributed by atoms with Gasteiger partial charge in [0.25, 0.3) is 0 Å². The Labute approximate surface area is 106 Å². The molecule has 1 aromatic heterocycles. The molecule has 0 radical (unpaired) electrons. The molecule has 0 aliphatic heterocycles. The van der Waals surface area contributed by atoms with Gasteiger partial charge in [0.15, 0.2) is 0 Å². The lowest BCUT2D eigenvalue weighted by Crippen LogP contribution is -2.21. The minimum absolute atomic E-state index is 0.0433. The minimum atomic E-state index is -0.288. The van der Waals surface area contributed by atoms with Crippen LogP contribution in [0.2, 0.25) is 0 Å². The van der Waals surface area contributed by atoms with Crippen LogP contribution in [0.4, 0.5) is 10.3 Å². The summed E-state index contributed by atoms with van der Waals surface area (Å²) in [6.07, 6.45) is 0. The topological polar surface area (TPSA) is 53.1 Å². The van der Waals surface area contributed by atoms with Crippen molar-refractivity contribution in [2.75, 3.05) is 19.5 Å². The summed E-state index contributed by atoms with van der Waals surface area (Å²) in [4.78, 5) is 4.26. The van der Waals surface area contributed by atoms with Crippen molar-refractivity contribution in [2.24, 2.45) is 5.92 Å². The normalized spacial score (nSPS) is 13.4. The van der Waals surface area contributed by atoms with Gasteiger partial charge in [-0.15, -0.1) is 0 Å². The summed E-state index contributed by atoms with van der Waals surface area (Å²) in [5.74, 6) is 0.419. The second-order valence-electron chi connectivity index (χ2n) is 4.74. The monoisotopic (exact) mass is 251 g/mol. The summed E-state index contributed by atoms with van der Waals surface area (Å²) in [7, 11) is 1.64. The third-order valence-corrected chi connectivity index (χ3v) is 3.12. The number of methoxy groups -OCH3 is 1. The highest BCUT2D eigenvalue weighted by Gasteiger charge is 2.21. The third-order valence-electron chi connectivity index (χ3n) is 3.12. The Morgan fingerprint density at radius 2 is 2.17 bits per heavy atom. The van der Waals surface area contributed by atoms with E-state index in [1.54, 1.807) is 13.2 Å². The number of nitrogen functional groups attached to an aromatic ring is 1. The molecular formula is C13H18FN3O. The maximum Gasteiger partial charge on any atom is 0.201 e. The lowest BCUT2D eigenvalue weighted by Gasteiger charge is -2.23. The summed E-state index contributed by atoms with van der Waals surface area (Å²) >= 11 is 0. The molecule has 0 bridgehead atoms. The first-order chi connectivity index (χ1) is 8.54. The number of hydrogen-bond acceptors (Lipinski definition) is 3. The van der Waals surface area contributed by atoms with Crippen molar-refractivity contribution in [3.05, 3.63) is 24.0 Å². The number of rotatable bonds is 4. The number of aromatic nitrogens is 2. The fourth-order valence-corrected chi connectivity index (χ4v) is 2.17. The highest BCUT2D eigenvalue weighted by Crippen LogP contribution is 2.28. The van der Waals surface area contributed by atoms with Crippen LogP contribution in [0.5, 0.6) is 0 Å². The Hall–Kier alpha value is -1.62. The summed E-state index contributed by atoms with van der Waals surface area (Å²) < 4.78 is 20.4. The van der Waals surface area contributed by atoms with Gasteiger partial charge in [0, 0.05) is 7.11 Å². The number of ether oxygens (including phenoxy) is 1. The van der Waals surface area contributed by atoms with E-state index >= 15 is 0 Å². The summed E-state index contributed by atoms with van der Waals surface area (Å²) in [5, 5.41) is 0. The van der Waals surface area contributed by atoms with Gasteiger partial charge in [0.2, 0.25) is 5.95 Å². The summed E-state index contributed by atoms with van der Waals surface area (Å²) in [6, 6.07) is 4.53. The molecule has 2 rings (SSSR count). The fourth-order valence-electron chi connectivity index (χ4n) is 2.17. The maximum atomic E-state index is 13.4. The number of nitrogens with zero attached hydrogens (tertiary/aromatic N) is 2. The third kappa shape index (κ3) is 2.18. The van der Waals surface area contributed by atoms with Crippen molar-refractivity contribution in [3.8, 4) is 0 Å². The molecule has 18 heavy (non-hydrogen) atoms. The second kappa shape index (κ2) is 4.94. The van der Waals surface area contributed by atoms with E-state index in [9.17, 15) is 4.39 Å². The van der Waals surface area contributed by atoms with Crippen molar-refractivity contribution >= 4 is 17.0 Å². The van der Waals surface area contributed by atoms with Crippen LogP contribution in [0, 0.1) is 11.7 Å². The number of anilines is 1. The Kier molecular flexibility index (Phi) is 3.52. The molecule has 1 unspecified atom stereocenters. The van der Waals surface area contributed by atoms with Crippen molar-refractivity contribution in [3.63, 3.8) is 0 Å². The standard InChI is InChI=1S/C13H18FN3O/c1-8(2)12(7-18-3)17-11-6-9(14)4-5-10(11)16-13(17)15/h4-6,8,12H,7H2,1-3H3,(H2,15,16). The van der Waals surface area contributed by atoms with E-state index < -0.39 is 0 Å². The van der Waals surface area contributed by atoms with E-state index in [-0.39, 0.29) is 11.9 Å². The average molecular weight is 251 g/mol. The van der Waals surface area contributed by atoms with Gasteiger partial charge in [-0.2, -0.15) is 0 Å². The van der Waals surface area contributed by atoms with Gasteiger partial charge in [-0.1, -0.05) is 13.8 Å². The zero-order valence-corrected chi connectivity index (χ0v) is 10.9. The SMILES string of the molecule is COCC(C(C)C)n1c(N)nc2ccc(F)cc21. The van der Waals surface area contributed by atoms with Crippen LogP contribution in [0.25, 0.3) is 11.0 Å². The van der Waals surface area contributed by atoms with Crippen molar-refractivity contribution < 1.29 is 9.13 Å². The zero-order valence-electron chi connectivity index (χ0n) is 10.9. The number of halogens is 1. The van der Waals surface area contributed by atoms with Gasteiger partial charge in [0.05, 0.1) is 23.7 Å². The van der Waals surface area contributed by atoms with Crippen LogP contribution in [0.1, 0.15) is 19.9 Å². The zero-order chi connectivity index (χ0) is 13.3. The van der Waals surface area contributed by atoms with E-state index in [4.69, 9.17) is 10.5 Å². The molecule has 1 atom stereocenters. The lowest BCUT2D eigenvalue weighted by molar-refractivity contribution is 0.136. The molecule has 98 valence electrons. The second-order valence-corrected chi connectivity index (χ2v) is 4.74. The van der Waals surface area contributed by atoms with Gasteiger partial charge < -0.3 is 15.0 Å². The molecule has 0 spiro atoms. The quantitative estimate of drug-likeness (QED) is 0.908. The molecule has 0 aliphatic rings. The predicted molar refractivity (Wildman–Crippen MR) is 69.9 cm³/mol. The molecule has 2 aromatic rings. The Morgan fingerprint density at radius 1 is 1.44 bits per heavy atom. The molecule has 2 N–H and O–H groups in total. The van der Waals surface area contributed by atoms with E-state index in [2.05, 4.69) is 18.8 Å². The smallest absolute Gasteiger partial charge is 0.201 e. The number of nitrogens with two attached hydrogens (primary N) is 1. The first-order valence-electron chi connectivity index (χ1n) is 5.96. The highest BCUT2D eigenvalue weighted by molar-refractivity contribution is 5.78. The number of hydrogen-bond donors (Lipinski definition) is 1. The number of imidazole rings is 1. The fraction of sp³-hybridized carbons (Fsp3) is 0.462. The van der Waals surface area contributed by atoms with Crippen LogP contribution < -0.4 is 5.73 Å². The predicted octanol–water partition coefficient (Wildman–Crippen LogP) is 2.60.